The zero-order valence-corrected chi connectivity index (χ0v) is 24.0. The number of alkyl halides is 3. The average Bonchev–Trinajstić information content (AvgIpc) is 2.93. The summed E-state index contributed by atoms with van der Waals surface area (Å²) in [7, 11) is 1.33. The van der Waals surface area contributed by atoms with Crippen LogP contribution < -0.4 is 0 Å². The highest BCUT2D eigenvalue weighted by Crippen LogP contribution is 2.18. The third-order valence-corrected chi connectivity index (χ3v) is 4.48. The van der Waals surface area contributed by atoms with Crippen LogP contribution in [0.3, 0.4) is 0 Å². The fourth-order valence-corrected chi connectivity index (χ4v) is 1.67. The first-order valence-electron chi connectivity index (χ1n) is 12.1. The van der Waals surface area contributed by atoms with E-state index in [0.29, 0.717) is 18.6 Å². The van der Waals surface area contributed by atoms with Gasteiger partial charge in [0.1, 0.15) is 0 Å². The maximum Gasteiger partial charge on any atom is 0.422 e. The topological polar surface area (TPSA) is 177 Å². The predicted molar refractivity (Wildman–Crippen MR) is 144 cm³/mol. The van der Waals surface area contributed by atoms with Crippen LogP contribution >= 0.6 is 0 Å². The predicted octanol–water partition coefficient (Wildman–Crippen LogP) is 3.29. The number of aliphatic hydroxyl groups is 3. The lowest BCUT2D eigenvalue weighted by molar-refractivity contribution is -0.183. The molecule has 0 aliphatic heterocycles. The zero-order valence-electron chi connectivity index (χ0n) is 24.0. The maximum absolute atomic E-state index is 11.6. The number of allylic oxidation sites excluding steroid dienone is 1. The first-order chi connectivity index (χ1) is 19.0. The number of carboxylic acids is 1. The van der Waals surface area contributed by atoms with Crippen LogP contribution in [-0.4, -0.2) is 90.6 Å². The van der Waals surface area contributed by atoms with E-state index in [2.05, 4.69) is 33.9 Å². The van der Waals surface area contributed by atoms with Gasteiger partial charge in [-0.15, -0.1) is 0 Å². The summed E-state index contributed by atoms with van der Waals surface area (Å²) in [6, 6.07) is 0. The van der Waals surface area contributed by atoms with Crippen molar-refractivity contribution in [1.29, 1.82) is 0 Å². The standard InChI is InChI=1S/C9H9F3O4.C7H12O2.C6H14O3.C5H8O2/c1-6(3-2-4-7(13)14)8(15)16-5-9(10,11)12;1-3-5-6-9-7(8)4-2;1-2-6(3-7,4-8)5-9;1-4(2)5(6)7-3/h2,4H,1,3,5H2,(H,13,14);4H,2-3,5-6H2,1H3;7-9H,2-5H2,1H3;1H2,2-3H3. The normalized spacial score (nSPS) is 10.3. The second-order valence-corrected chi connectivity index (χ2v) is 8.06. The molecule has 0 aliphatic carbocycles. The van der Waals surface area contributed by atoms with Crippen molar-refractivity contribution in [2.45, 2.75) is 52.6 Å². The molecule has 0 bridgehead atoms. The summed E-state index contributed by atoms with van der Waals surface area (Å²) in [4.78, 5) is 41.4. The Kier molecular flexibility index (Phi) is 29.0. The Hall–Kier alpha value is -3.49. The zero-order chi connectivity index (χ0) is 33.1. The molecule has 0 aromatic heterocycles. The SMILES string of the molecule is C=C(C)C(=O)OC.C=C(CC=CC(=O)O)C(=O)OCC(F)(F)F.C=CC(=O)OCCCC.CCC(CO)(CO)CO. The van der Waals surface area contributed by atoms with Gasteiger partial charge in [-0.3, -0.25) is 0 Å². The summed E-state index contributed by atoms with van der Waals surface area (Å²) in [6.45, 7) is 13.6. The van der Waals surface area contributed by atoms with Crippen LogP contribution in [0.15, 0.2) is 49.1 Å². The smallest absolute Gasteiger partial charge is 0.422 e. The number of esters is 3. The minimum Gasteiger partial charge on any atom is -0.478 e. The molecule has 11 nitrogen and oxygen atoms in total. The van der Waals surface area contributed by atoms with Gasteiger partial charge in [-0.05, 0) is 26.2 Å². The number of ether oxygens (including phenoxy) is 3. The van der Waals surface area contributed by atoms with E-state index in [9.17, 15) is 32.3 Å². The van der Waals surface area contributed by atoms with E-state index < -0.39 is 30.1 Å². The highest BCUT2D eigenvalue weighted by molar-refractivity contribution is 5.88. The Morgan fingerprint density at radius 2 is 1.44 bits per heavy atom. The molecule has 0 rings (SSSR count). The van der Waals surface area contributed by atoms with Crippen LogP contribution in [0.2, 0.25) is 0 Å². The molecule has 0 aromatic rings. The van der Waals surface area contributed by atoms with E-state index in [4.69, 9.17) is 20.4 Å². The molecule has 41 heavy (non-hydrogen) atoms. The molecular weight excluding hydrogens is 557 g/mol. The molecular formula is C27H43F3O11. The summed E-state index contributed by atoms with van der Waals surface area (Å²) >= 11 is 0. The van der Waals surface area contributed by atoms with Crippen LogP contribution in [0.25, 0.3) is 0 Å². The number of carbonyl (C=O) groups is 4. The van der Waals surface area contributed by atoms with Crippen LogP contribution in [0.1, 0.15) is 46.5 Å². The first-order valence-corrected chi connectivity index (χ1v) is 12.1. The van der Waals surface area contributed by atoms with Gasteiger partial charge in [-0.1, -0.05) is 46.1 Å². The van der Waals surface area contributed by atoms with Crippen LogP contribution in [0, 0.1) is 5.41 Å². The number of halogens is 3. The Balaban J connectivity index is -0.000000236. The van der Waals surface area contributed by atoms with Gasteiger partial charge in [-0.2, -0.15) is 13.2 Å². The molecule has 0 spiro atoms. The fraction of sp³-hybridized carbons (Fsp3) is 0.556. The summed E-state index contributed by atoms with van der Waals surface area (Å²) in [5.74, 6) is -3.10. The number of rotatable bonds is 14. The number of hydrogen-bond acceptors (Lipinski definition) is 10. The maximum atomic E-state index is 11.6. The van der Waals surface area contributed by atoms with Crippen LogP contribution in [-0.2, 0) is 33.4 Å². The molecule has 0 aromatic carbocycles. The van der Waals surface area contributed by atoms with Crippen LogP contribution in [0.4, 0.5) is 13.2 Å². The monoisotopic (exact) mass is 600 g/mol. The van der Waals surface area contributed by atoms with Crippen molar-refractivity contribution in [1.82, 2.24) is 0 Å². The summed E-state index contributed by atoms with van der Waals surface area (Å²) < 4.78 is 47.7. The lowest BCUT2D eigenvalue weighted by Gasteiger charge is -2.24. The largest absolute Gasteiger partial charge is 0.478 e. The van der Waals surface area contributed by atoms with E-state index in [1.54, 1.807) is 6.92 Å². The van der Waals surface area contributed by atoms with Gasteiger partial charge in [0, 0.05) is 28.7 Å². The lowest BCUT2D eigenvalue weighted by Crippen LogP contribution is -2.32. The molecule has 0 saturated carbocycles. The van der Waals surface area contributed by atoms with Gasteiger partial charge >= 0.3 is 30.1 Å². The molecule has 4 N–H and O–H groups in total. The van der Waals surface area contributed by atoms with Crippen molar-refractivity contribution in [3.05, 3.63) is 49.1 Å². The van der Waals surface area contributed by atoms with E-state index in [0.717, 1.165) is 25.0 Å². The average molecular weight is 601 g/mol. The second kappa shape index (κ2) is 26.7. The molecule has 0 saturated heterocycles. The van der Waals surface area contributed by atoms with E-state index in [1.807, 2.05) is 13.8 Å². The molecule has 0 unspecified atom stereocenters. The van der Waals surface area contributed by atoms with Crippen molar-refractivity contribution in [2.24, 2.45) is 5.41 Å². The van der Waals surface area contributed by atoms with Gasteiger partial charge < -0.3 is 34.6 Å². The fourth-order valence-electron chi connectivity index (χ4n) is 1.67. The van der Waals surface area contributed by atoms with E-state index >= 15 is 0 Å². The first kappa shape index (κ1) is 44.5. The van der Waals surface area contributed by atoms with E-state index in [1.165, 1.54) is 13.2 Å². The Bertz CT molecular complexity index is 813. The lowest BCUT2D eigenvalue weighted by atomic mass is 9.88. The number of aliphatic carboxylic acids is 1. The quantitative estimate of drug-likeness (QED) is 0.0996. The Morgan fingerprint density at radius 3 is 1.71 bits per heavy atom. The number of carbonyl (C=O) groups excluding carboxylic acids is 3. The number of carboxylic acid groups (broad SMARTS) is 1. The number of hydrogen-bond donors (Lipinski definition) is 4. The summed E-state index contributed by atoms with van der Waals surface area (Å²) in [6.07, 6.45) is 0.813. The Morgan fingerprint density at radius 1 is 0.927 bits per heavy atom. The highest BCUT2D eigenvalue weighted by atomic mass is 19.4. The summed E-state index contributed by atoms with van der Waals surface area (Å²) in [5.41, 5.74) is -0.482. The van der Waals surface area contributed by atoms with Crippen molar-refractivity contribution < 1.29 is 67.0 Å². The van der Waals surface area contributed by atoms with Crippen molar-refractivity contribution in [3.63, 3.8) is 0 Å². The number of aliphatic hydroxyl groups excluding tert-OH is 3. The molecule has 0 radical (unpaired) electrons. The van der Waals surface area contributed by atoms with Crippen molar-refractivity contribution in [3.8, 4) is 0 Å². The molecule has 0 aliphatic rings. The molecule has 0 heterocycles. The van der Waals surface area contributed by atoms with Gasteiger partial charge in [0.05, 0.1) is 33.5 Å². The van der Waals surface area contributed by atoms with Gasteiger partial charge in [0.25, 0.3) is 0 Å². The van der Waals surface area contributed by atoms with Gasteiger partial charge in [0.15, 0.2) is 6.61 Å². The van der Waals surface area contributed by atoms with Crippen molar-refractivity contribution >= 4 is 23.9 Å². The van der Waals surface area contributed by atoms with E-state index in [-0.39, 0.29) is 43.8 Å². The summed E-state index contributed by atoms with van der Waals surface area (Å²) in [5, 5.41) is 34.2. The minimum absolute atomic E-state index is 0.156. The second-order valence-electron chi connectivity index (χ2n) is 8.06. The third kappa shape index (κ3) is 30.9. The molecule has 14 heteroatoms. The van der Waals surface area contributed by atoms with Gasteiger partial charge in [-0.25, -0.2) is 19.2 Å². The Labute approximate surface area is 238 Å². The molecule has 0 amide bonds. The van der Waals surface area contributed by atoms with Crippen molar-refractivity contribution in [2.75, 3.05) is 40.1 Å². The molecule has 238 valence electrons. The number of unbranched alkanes of at least 4 members (excludes halogenated alkanes) is 1. The minimum atomic E-state index is -4.59. The molecule has 0 atom stereocenters. The number of methoxy groups -OCH3 is 1. The van der Waals surface area contributed by atoms with Crippen LogP contribution in [0.5, 0.6) is 0 Å². The third-order valence-electron chi connectivity index (χ3n) is 4.48. The van der Waals surface area contributed by atoms with Gasteiger partial charge in [0.2, 0.25) is 0 Å². The highest BCUT2D eigenvalue weighted by Gasteiger charge is 2.29. The molecule has 0 fully saturated rings.